The molecule has 0 radical (unpaired) electrons. The normalized spacial score (nSPS) is 17.4. The summed E-state index contributed by atoms with van der Waals surface area (Å²) >= 11 is 0. The summed E-state index contributed by atoms with van der Waals surface area (Å²) in [5.74, 6) is -0.407. The molecule has 1 aromatic carbocycles. The van der Waals surface area contributed by atoms with Gasteiger partial charge in [0.05, 0.1) is 11.1 Å². The van der Waals surface area contributed by atoms with Crippen molar-refractivity contribution in [2.24, 2.45) is 21.6 Å². The number of benzene rings is 1. The van der Waals surface area contributed by atoms with E-state index in [1.54, 1.807) is 20.2 Å². The number of aromatic amines is 1. The van der Waals surface area contributed by atoms with Crippen molar-refractivity contribution in [1.29, 1.82) is 0 Å². The van der Waals surface area contributed by atoms with E-state index < -0.39 is 23.0 Å². The second-order valence-electron chi connectivity index (χ2n) is 11.1. The molecular weight excluding hydrogens is 560 g/mol. The number of H-pyrrole nitrogens is 1. The third-order valence-electron chi connectivity index (χ3n) is 8.10. The fraction of sp³-hybridized carbons (Fsp3) is 0.471. The highest BCUT2D eigenvalue weighted by Crippen LogP contribution is 2.49. The Bertz CT molecular complexity index is 1500. The van der Waals surface area contributed by atoms with Gasteiger partial charge in [-0.3, -0.25) is 14.9 Å². The number of amidine groups is 1. The third-order valence-corrected chi connectivity index (χ3v) is 8.10. The van der Waals surface area contributed by atoms with Crippen LogP contribution in [0.3, 0.4) is 0 Å². The van der Waals surface area contributed by atoms with Gasteiger partial charge in [-0.25, -0.2) is 13.8 Å². The van der Waals surface area contributed by atoms with Gasteiger partial charge in [-0.1, -0.05) is 32.4 Å². The standard InChI is InChI=1S/C32H41F2N7O.C2H6/c1-8-18(4)27(25(9-2)36-10-3)28(21-11-12-21)30(38-26-15-19(5)39-40-26)37-20(6)41(7)29-23(33)16-22(17-24(29)34)32(13-14-32)31(35)42;1-2/h9-10,15-17,21H,8,11-14H2,1-7H3,(H2,35,42)(H2,38,39,40);1-2H3/b25-9-,27-18+,30-28+,36-10?,37-20+;. The molecule has 44 heavy (non-hydrogen) atoms. The maximum atomic E-state index is 15.5. The predicted octanol–water partition coefficient (Wildman–Crippen LogP) is 7.85. The van der Waals surface area contributed by atoms with Crippen molar-refractivity contribution < 1.29 is 13.6 Å². The number of carbonyl (C=O) groups is 1. The van der Waals surface area contributed by atoms with Gasteiger partial charge < -0.3 is 16.0 Å². The summed E-state index contributed by atoms with van der Waals surface area (Å²) in [6, 6.07) is 4.30. The summed E-state index contributed by atoms with van der Waals surface area (Å²) in [6.45, 7) is 15.7. The summed E-state index contributed by atoms with van der Waals surface area (Å²) in [5.41, 5.74) is 9.45. The van der Waals surface area contributed by atoms with E-state index >= 15 is 8.78 Å². The zero-order chi connectivity index (χ0) is 32.8. The summed E-state index contributed by atoms with van der Waals surface area (Å²) in [5, 5.41) is 10.7. The Kier molecular flexibility index (Phi) is 11.4. The first-order valence-corrected chi connectivity index (χ1v) is 15.4. The van der Waals surface area contributed by atoms with Crippen molar-refractivity contribution in [3.05, 3.63) is 75.4 Å². The molecule has 2 aliphatic carbocycles. The average Bonchev–Trinajstić information content (AvgIpc) is 3.93. The molecule has 0 saturated heterocycles. The first kappa shape index (κ1) is 34.4. The second kappa shape index (κ2) is 14.6. The lowest BCUT2D eigenvalue weighted by Crippen LogP contribution is -2.30. The molecule has 1 amide bonds. The number of rotatable bonds is 11. The smallest absolute Gasteiger partial charge is 0.228 e. The van der Waals surface area contributed by atoms with E-state index in [1.165, 1.54) is 17.0 Å². The van der Waals surface area contributed by atoms with Crippen LogP contribution in [0.15, 0.2) is 62.5 Å². The van der Waals surface area contributed by atoms with E-state index in [9.17, 15) is 4.79 Å². The lowest BCUT2D eigenvalue weighted by Gasteiger charge is -2.24. The lowest BCUT2D eigenvalue weighted by atomic mass is 9.92. The van der Waals surface area contributed by atoms with E-state index in [2.05, 4.69) is 34.4 Å². The number of aromatic nitrogens is 2. The van der Waals surface area contributed by atoms with Crippen molar-refractivity contribution in [2.45, 2.75) is 92.9 Å². The van der Waals surface area contributed by atoms with Gasteiger partial charge in [-0.15, -0.1) is 0 Å². The van der Waals surface area contributed by atoms with E-state index in [-0.39, 0.29) is 17.2 Å². The molecule has 0 unspecified atom stereocenters. The van der Waals surface area contributed by atoms with Crippen molar-refractivity contribution >= 4 is 29.5 Å². The van der Waals surface area contributed by atoms with Gasteiger partial charge in [0.25, 0.3) is 0 Å². The number of halogens is 2. The molecule has 2 fully saturated rings. The van der Waals surface area contributed by atoms with Crippen LogP contribution < -0.4 is 16.0 Å². The number of aryl methyl sites for hydroxylation is 1. The monoisotopic (exact) mass is 607 g/mol. The Morgan fingerprint density at radius 1 is 1.18 bits per heavy atom. The molecule has 2 saturated carbocycles. The van der Waals surface area contributed by atoms with E-state index in [1.807, 2.05) is 46.8 Å². The number of nitrogens with one attached hydrogen (secondary N) is 2. The fourth-order valence-corrected chi connectivity index (χ4v) is 5.20. The second-order valence-corrected chi connectivity index (χ2v) is 11.1. The van der Waals surface area contributed by atoms with Crippen LogP contribution in [-0.2, 0) is 10.2 Å². The van der Waals surface area contributed by atoms with Crippen LogP contribution >= 0.6 is 0 Å². The van der Waals surface area contributed by atoms with Crippen molar-refractivity contribution in [2.75, 3.05) is 17.3 Å². The number of hydrogen-bond acceptors (Lipinski definition) is 5. The van der Waals surface area contributed by atoms with Gasteiger partial charge in [0.2, 0.25) is 5.91 Å². The van der Waals surface area contributed by atoms with Crippen molar-refractivity contribution in [3.8, 4) is 0 Å². The van der Waals surface area contributed by atoms with Crippen LogP contribution in [0.25, 0.3) is 0 Å². The topological polar surface area (TPSA) is 112 Å². The average molecular weight is 608 g/mol. The summed E-state index contributed by atoms with van der Waals surface area (Å²) in [4.78, 5) is 23.0. The number of carbonyl (C=O) groups excluding carboxylic acids is 1. The quantitative estimate of drug-likeness (QED) is 0.137. The van der Waals surface area contributed by atoms with Crippen LogP contribution in [-0.4, -0.2) is 35.2 Å². The molecule has 2 aliphatic rings. The highest BCUT2D eigenvalue weighted by Gasteiger charge is 2.50. The molecule has 4 rings (SSSR count). The Balaban J connectivity index is 0.00000259. The maximum absolute atomic E-state index is 15.5. The van der Waals surface area contributed by atoms with Gasteiger partial charge in [-0.2, -0.15) is 5.10 Å². The van der Waals surface area contributed by atoms with Crippen LogP contribution in [0.1, 0.15) is 91.8 Å². The van der Waals surface area contributed by atoms with Gasteiger partial charge in [0.1, 0.15) is 29.0 Å². The minimum absolute atomic E-state index is 0.240. The molecule has 0 atom stereocenters. The van der Waals surface area contributed by atoms with Crippen LogP contribution in [0.2, 0.25) is 0 Å². The number of anilines is 2. The molecule has 1 aromatic heterocycles. The minimum Gasteiger partial charge on any atom is -0.369 e. The van der Waals surface area contributed by atoms with Gasteiger partial charge in [0, 0.05) is 36.2 Å². The van der Waals surface area contributed by atoms with E-state index in [4.69, 9.17) is 10.7 Å². The first-order chi connectivity index (χ1) is 21.0. The Morgan fingerprint density at radius 3 is 2.23 bits per heavy atom. The maximum Gasteiger partial charge on any atom is 0.228 e. The van der Waals surface area contributed by atoms with Crippen molar-refractivity contribution in [1.82, 2.24) is 10.2 Å². The van der Waals surface area contributed by atoms with Gasteiger partial charge in [-0.05, 0) is 90.3 Å². The Labute approximate surface area is 260 Å². The minimum atomic E-state index is -0.992. The summed E-state index contributed by atoms with van der Waals surface area (Å²) < 4.78 is 31.0. The van der Waals surface area contributed by atoms with Crippen molar-refractivity contribution in [3.63, 3.8) is 0 Å². The van der Waals surface area contributed by atoms with Crippen LogP contribution in [0.5, 0.6) is 0 Å². The molecule has 238 valence electrons. The number of primary amides is 1. The number of aliphatic imine (C=N–C) groups is 2. The molecule has 2 aromatic rings. The number of amides is 1. The molecular formula is C34H47F2N7O. The lowest BCUT2D eigenvalue weighted by molar-refractivity contribution is -0.120. The van der Waals surface area contributed by atoms with Gasteiger partial charge in [0.15, 0.2) is 5.82 Å². The predicted molar refractivity (Wildman–Crippen MR) is 177 cm³/mol. The molecule has 1 heterocycles. The van der Waals surface area contributed by atoms with Crippen LogP contribution in [0.4, 0.5) is 20.3 Å². The largest absolute Gasteiger partial charge is 0.369 e. The Morgan fingerprint density at radius 2 is 1.80 bits per heavy atom. The Hall–Kier alpha value is -4.08. The molecule has 0 aliphatic heterocycles. The zero-order valence-electron chi connectivity index (χ0n) is 27.5. The number of nitrogens with zero attached hydrogens (tertiary/aromatic N) is 4. The highest BCUT2D eigenvalue weighted by molar-refractivity contribution is 5.97. The SMILES string of the molecule is CC.CC=NC(=C\C)/C(=C(/C)CC)C(=C(\N=C(/C)N(C)c1c(F)cc(C2(C(N)=O)CC2)cc1F)Nc1cc(C)[nH]n1)/C1CC1. The number of allylic oxidation sites excluding steroid dienone is 3. The molecule has 10 heteroatoms. The number of hydrogen-bond donors (Lipinski definition) is 3. The molecule has 0 spiro atoms. The summed E-state index contributed by atoms with van der Waals surface area (Å²) in [6.07, 6.45) is 7.52. The van der Waals surface area contributed by atoms with E-state index in [0.717, 1.165) is 47.4 Å². The molecule has 0 bridgehead atoms. The molecule has 8 nitrogen and oxygen atoms in total. The van der Waals surface area contributed by atoms with Gasteiger partial charge >= 0.3 is 0 Å². The van der Waals surface area contributed by atoms with E-state index in [0.29, 0.717) is 30.3 Å². The molecule has 4 N–H and O–H groups in total. The first-order valence-electron chi connectivity index (χ1n) is 15.4. The van der Waals surface area contributed by atoms with Crippen LogP contribution in [0, 0.1) is 24.5 Å². The fourth-order valence-electron chi connectivity index (χ4n) is 5.20. The highest BCUT2D eigenvalue weighted by atomic mass is 19.1. The summed E-state index contributed by atoms with van der Waals surface area (Å²) in [7, 11) is 1.57. The zero-order valence-corrected chi connectivity index (χ0v) is 27.5. The number of nitrogens with two attached hydrogens (primary N) is 1. The third kappa shape index (κ3) is 7.34.